The number of aliphatic imine (C=N–C) groups is 1. The molecular formula is C16H31N3O2. The van der Waals surface area contributed by atoms with Crippen LogP contribution in [-0.2, 0) is 9.53 Å². The molecule has 0 aromatic carbocycles. The summed E-state index contributed by atoms with van der Waals surface area (Å²) in [5, 5.41) is 6.83. The Morgan fingerprint density at radius 1 is 1.19 bits per heavy atom. The van der Waals surface area contributed by atoms with E-state index in [0.29, 0.717) is 12.5 Å². The maximum absolute atomic E-state index is 11.0. The highest BCUT2D eigenvalue weighted by atomic mass is 16.5. The third-order valence-electron chi connectivity index (χ3n) is 3.83. The number of carbonyl (C=O) groups is 1. The molecule has 0 atom stereocenters. The fraction of sp³-hybridized carbons (Fsp3) is 0.875. The fourth-order valence-electron chi connectivity index (χ4n) is 2.61. The summed E-state index contributed by atoms with van der Waals surface area (Å²) in [5.41, 5.74) is 0. The van der Waals surface area contributed by atoms with E-state index in [2.05, 4.69) is 27.3 Å². The summed E-state index contributed by atoms with van der Waals surface area (Å²) >= 11 is 0. The van der Waals surface area contributed by atoms with Crippen LogP contribution in [0.25, 0.3) is 0 Å². The van der Waals surface area contributed by atoms with E-state index in [1.54, 1.807) is 0 Å². The molecule has 0 aromatic heterocycles. The fourth-order valence-corrected chi connectivity index (χ4v) is 2.61. The highest BCUT2D eigenvalue weighted by molar-refractivity contribution is 5.80. The number of methoxy groups -OCH3 is 1. The Balaban J connectivity index is 2.11. The average molecular weight is 297 g/mol. The SMILES string of the molecule is CCNC(=NCCCCCCC(=O)OC)NC1CCCC1. The van der Waals surface area contributed by atoms with Crippen molar-refractivity contribution in [1.82, 2.24) is 10.6 Å². The molecule has 1 fully saturated rings. The minimum atomic E-state index is -0.108. The Morgan fingerprint density at radius 2 is 1.90 bits per heavy atom. The summed E-state index contributed by atoms with van der Waals surface area (Å²) < 4.78 is 4.62. The molecule has 1 aliphatic carbocycles. The van der Waals surface area contributed by atoms with Crippen molar-refractivity contribution >= 4 is 11.9 Å². The van der Waals surface area contributed by atoms with Crippen LogP contribution >= 0.6 is 0 Å². The first-order chi connectivity index (χ1) is 10.3. The van der Waals surface area contributed by atoms with Gasteiger partial charge in [-0.2, -0.15) is 0 Å². The number of hydrogen-bond acceptors (Lipinski definition) is 3. The number of esters is 1. The normalized spacial score (nSPS) is 16.0. The van der Waals surface area contributed by atoms with Gasteiger partial charge in [-0.15, -0.1) is 0 Å². The lowest BCUT2D eigenvalue weighted by Crippen LogP contribution is -2.42. The van der Waals surface area contributed by atoms with Crippen LogP contribution in [0.1, 0.15) is 64.7 Å². The molecule has 5 nitrogen and oxygen atoms in total. The van der Waals surface area contributed by atoms with Crippen molar-refractivity contribution in [3.8, 4) is 0 Å². The lowest BCUT2D eigenvalue weighted by atomic mass is 10.1. The van der Waals surface area contributed by atoms with Gasteiger partial charge in [0.05, 0.1) is 7.11 Å². The summed E-state index contributed by atoms with van der Waals surface area (Å²) in [5.74, 6) is 0.849. The number of guanidine groups is 1. The van der Waals surface area contributed by atoms with Crippen LogP contribution in [0.2, 0.25) is 0 Å². The molecule has 0 bridgehead atoms. The molecule has 122 valence electrons. The van der Waals surface area contributed by atoms with E-state index in [0.717, 1.165) is 44.7 Å². The van der Waals surface area contributed by atoms with Crippen molar-refractivity contribution in [2.75, 3.05) is 20.2 Å². The van der Waals surface area contributed by atoms with Gasteiger partial charge in [0, 0.05) is 25.6 Å². The van der Waals surface area contributed by atoms with E-state index >= 15 is 0 Å². The first kappa shape index (κ1) is 17.8. The van der Waals surface area contributed by atoms with Crippen molar-refractivity contribution in [2.24, 2.45) is 4.99 Å². The zero-order chi connectivity index (χ0) is 15.3. The Hall–Kier alpha value is -1.26. The Bertz CT molecular complexity index is 313. The monoisotopic (exact) mass is 297 g/mol. The van der Waals surface area contributed by atoms with Crippen LogP contribution in [0.5, 0.6) is 0 Å². The van der Waals surface area contributed by atoms with Crippen LogP contribution in [0, 0.1) is 0 Å². The van der Waals surface area contributed by atoms with Gasteiger partial charge in [-0.25, -0.2) is 0 Å². The molecule has 5 heteroatoms. The summed E-state index contributed by atoms with van der Waals surface area (Å²) in [4.78, 5) is 15.6. The Morgan fingerprint density at radius 3 is 2.57 bits per heavy atom. The zero-order valence-corrected chi connectivity index (χ0v) is 13.6. The van der Waals surface area contributed by atoms with E-state index in [1.807, 2.05) is 0 Å². The number of unbranched alkanes of at least 4 members (excludes halogenated alkanes) is 3. The highest BCUT2D eigenvalue weighted by Crippen LogP contribution is 2.17. The van der Waals surface area contributed by atoms with Crippen molar-refractivity contribution in [2.45, 2.75) is 70.8 Å². The minimum absolute atomic E-state index is 0.108. The molecule has 1 aliphatic rings. The van der Waals surface area contributed by atoms with E-state index in [9.17, 15) is 4.79 Å². The first-order valence-electron chi connectivity index (χ1n) is 8.38. The molecule has 0 unspecified atom stereocenters. The summed E-state index contributed by atoms with van der Waals surface area (Å²) in [6.07, 6.45) is 9.88. The molecule has 0 heterocycles. The van der Waals surface area contributed by atoms with Crippen LogP contribution in [0.15, 0.2) is 4.99 Å². The Kier molecular flexibility index (Phi) is 9.66. The summed E-state index contributed by atoms with van der Waals surface area (Å²) in [6, 6.07) is 0.600. The van der Waals surface area contributed by atoms with Gasteiger partial charge >= 0.3 is 5.97 Å². The van der Waals surface area contributed by atoms with Gasteiger partial charge in [0.15, 0.2) is 5.96 Å². The first-order valence-corrected chi connectivity index (χ1v) is 8.38. The zero-order valence-electron chi connectivity index (χ0n) is 13.6. The van der Waals surface area contributed by atoms with Crippen LogP contribution < -0.4 is 10.6 Å². The molecular weight excluding hydrogens is 266 g/mol. The quantitative estimate of drug-likeness (QED) is 0.297. The molecule has 1 saturated carbocycles. The largest absolute Gasteiger partial charge is 0.469 e. The minimum Gasteiger partial charge on any atom is -0.469 e. The van der Waals surface area contributed by atoms with Gasteiger partial charge < -0.3 is 15.4 Å². The second-order valence-corrected chi connectivity index (χ2v) is 5.63. The number of ether oxygens (including phenoxy) is 1. The molecule has 0 radical (unpaired) electrons. The van der Waals surface area contributed by atoms with Gasteiger partial charge in [0.1, 0.15) is 0 Å². The lowest BCUT2D eigenvalue weighted by Gasteiger charge is -2.16. The number of nitrogens with one attached hydrogen (secondary N) is 2. The van der Waals surface area contributed by atoms with Gasteiger partial charge in [0.2, 0.25) is 0 Å². The van der Waals surface area contributed by atoms with Crippen LogP contribution in [0.3, 0.4) is 0 Å². The number of rotatable bonds is 9. The number of carbonyl (C=O) groups excluding carboxylic acids is 1. The van der Waals surface area contributed by atoms with Gasteiger partial charge in [-0.05, 0) is 32.6 Å². The highest BCUT2D eigenvalue weighted by Gasteiger charge is 2.15. The smallest absolute Gasteiger partial charge is 0.305 e. The van der Waals surface area contributed by atoms with E-state index in [4.69, 9.17) is 0 Å². The van der Waals surface area contributed by atoms with Crippen molar-refractivity contribution in [3.05, 3.63) is 0 Å². The predicted octanol–water partition coefficient (Wildman–Crippen LogP) is 2.61. The average Bonchev–Trinajstić information content (AvgIpc) is 2.99. The molecule has 0 aromatic rings. The lowest BCUT2D eigenvalue weighted by molar-refractivity contribution is -0.140. The van der Waals surface area contributed by atoms with Crippen LogP contribution in [0.4, 0.5) is 0 Å². The molecule has 0 saturated heterocycles. The van der Waals surface area contributed by atoms with E-state index in [1.165, 1.54) is 32.8 Å². The predicted molar refractivity (Wildman–Crippen MR) is 86.5 cm³/mol. The van der Waals surface area contributed by atoms with Gasteiger partial charge in [0.25, 0.3) is 0 Å². The number of nitrogens with zero attached hydrogens (tertiary/aromatic N) is 1. The van der Waals surface area contributed by atoms with Gasteiger partial charge in [-0.3, -0.25) is 9.79 Å². The molecule has 0 aliphatic heterocycles. The third kappa shape index (κ3) is 8.58. The van der Waals surface area contributed by atoms with Crippen molar-refractivity contribution < 1.29 is 9.53 Å². The third-order valence-corrected chi connectivity index (χ3v) is 3.83. The summed E-state index contributed by atoms with van der Waals surface area (Å²) in [6.45, 7) is 3.84. The maximum atomic E-state index is 11.0. The molecule has 0 spiro atoms. The topological polar surface area (TPSA) is 62.7 Å². The number of hydrogen-bond donors (Lipinski definition) is 2. The molecule has 1 rings (SSSR count). The molecule has 21 heavy (non-hydrogen) atoms. The van der Waals surface area contributed by atoms with Crippen molar-refractivity contribution in [1.29, 1.82) is 0 Å². The van der Waals surface area contributed by atoms with E-state index in [-0.39, 0.29) is 5.97 Å². The summed E-state index contributed by atoms with van der Waals surface area (Å²) in [7, 11) is 1.44. The van der Waals surface area contributed by atoms with Crippen molar-refractivity contribution in [3.63, 3.8) is 0 Å². The van der Waals surface area contributed by atoms with E-state index < -0.39 is 0 Å². The Labute approximate surface area is 128 Å². The standard InChI is InChI=1S/C16H31N3O2/c1-3-17-16(19-14-10-7-8-11-14)18-13-9-5-4-6-12-15(20)21-2/h14H,3-13H2,1-2H3,(H2,17,18,19). The maximum Gasteiger partial charge on any atom is 0.305 e. The van der Waals surface area contributed by atoms with Crippen LogP contribution in [-0.4, -0.2) is 38.2 Å². The second kappa shape index (κ2) is 11.4. The molecule has 2 N–H and O–H groups in total. The second-order valence-electron chi connectivity index (χ2n) is 5.63. The van der Waals surface area contributed by atoms with Gasteiger partial charge in [-0.1, -0.05) is 25.7 Å². The molecule has 0 amide bonds.